The minimum atomic E-state index is -0.0818. The SMILES string of the molecule is [CH2]CCCCCCCCC(=O)OCc1ccccc1. The number of carbonyl (C=O) groups is 1. The number of ether oxygens (including phenoxy) is 1. The molecule has 2 nitrogen and oxygen atoms in total. The summed E-state index contributed by atoms with van der Waals surface area (Å²) in [6.45, 7) is 4.22. The van der Waals surface area contributed by atoms with Crippen molar-refractivity contribution in [1.29, 1.82) is 0 Å². The van der Waals surface area contributed by atoms with Gasteiger partial charge in [0.25, 0.3) is 0 Å². The van der Waals surface area contributed by atoms with E-state index in [4.69, 9.17) is 4.74 Å². The van der Waals surface area contributed by atoms with Crippen LogP contribution in [0.5, 0.6) is 0 Å². The normalized spacial score (nSPS) is 10.4. The lowest BCUT2D eigenvalue weighted by molar-refractivity contribution is -0.145. The molecule has 0 fully saturated rings. The summed E-state index contributed by atoms with van der Waals surface area (Å²) in [4.78, 5) is 11.5. The first-order chi connectivity index (χ1) is 9.33. The molecule has 0 aliphatic carbocycles. The van der Waals surface area contributed by atoms with Crippen molar-refractivity contribution >= 4 is 5.97 Å². The van der Waals surface area contributed by atoms with Gasteiger partial charge in [0.2, 0.25) is 0 Å². The second kappa shape index (κ2) is 10.6. The fourth-order valence-corrected chi connectivity index (χ4v) is 1.96. The van der Waals surface area contributed by atoms with Crippen molar-refractivity contribution in [3.63, 3.8) is 0 Å². The molecule has 0 bridgehead atoms. The first kappa shape index (κ1) is 15.7. The summed E-state index contributed by atoms with van der Waals surface area (Å²) in [6, 6.07) is 9.80. The van der Waals surface area contributed by atoms with Gasteiger partial charge in [-0.05, 0) is 12.0 Å². The molecule has 0 aromatic heterocycles. The van der Waals surface area contributed by atoms with Gasteiger partial charge in [-0.3, -0.25) is 4.79 Å². The molecule has 0 atom stereocenters. The van der Waals surface area contributed by atoms with E-state index < -0.39 is 0 Å². The van der Waals surface area contributed by atoms with E-state index in [1.807, 2.05) is 30.3 Å². The maximum atomic E-state index is 11.5. The maximum absolute atomic E-state index is 11.5. The second-order valence-corrected chi connectivity index (χ2v) is 4.87. The molecule has 2 heteroatoms. The zero-order valence-electron chi connectivity index (χ0n) is 11.8. The monoisotopic (exact) mass is 261 g/mol. The molecule has 19 heavy (non-hydrogen) atoms. The highest BCUT2D eigenvalue weighted by Gasteiger charge is 2.02. The molecule has 0 amide bonds. The van der Waals surface area contributed by atoms with E-state index in [9.17, 15) is 4.79 Å². The van der Waals surface area contributed by atoms with E-state index in [2.05, 4.69) is 6.92 Å². The Hall–Kier alpha value is -1.31. The molecule has 0 aliphatic heterocycles. The Morgan fingerprint density at radius 3 is 2.26 bits per heavy atom. The standard InChI is InChI=1S/C17H25O2/c1-2-3-4-5-6-7-11-14-17(18)19-15-16-12-9-8-10-13-16/h8-10,12-13H,1-7,11,14-15H2. The summed E-state index contributed by atoms with van der Waals surface area (Å²) >= 11 is 0. The number of hydrogen-bond acceptors (Lipinski definition) is 2. The smallest absolute Gasteiger partial charge is 0.306 e. The summed E-state index contributed by atoms with van der Waals surface area (Å²) in [5.41, 5.74) is 1.05. The van der Waals surface area contributed by atoms with Crippen molar-refractivity contribution in [3.8, 4) is 0 Å². The molecule has 1 radical (unpaired) electrons. The van der Waals surface area contributed by atoms with Gasteiger partial charge in [-0.2, -0.15) is 0 Å². The topological polar surface area (TPSA) is 26.3 Å². The summed E-state index contributed by atoms with van der Waals surface area (Å²) in [5.74, 6) is -0.0818. The molecule has 1 rings (SSSR count). The van der Waals surface area contributed by atoms with Crippen LogP contribution < -0.4 is 0 Å². The zero-order chi connectivity index (χ0) is 13.8. The Morgan fingerprint density at radius 1 is 0.947 bits per heavy atom. The van der Waals surface area contributed by atoms with Crippen LogP contribution in [-0.4, -0.2) is 5.97 Å². The van der Waals surface area contributed by atoms with E-state index in [-0.39, 0.29) is 5.97 Å². The van der Waals surface area contributed by atoms with Crippen LogP contribution in [0.1, 0.15) is 56.9 Å². The van der Waals surface area contributed by atoms with Crippen LogP contribution in [0.4, 0.5) is 0 Å². The van der Waals surface area contributed by atoms with Gasteiger partial charge in [0.05, 0.1) is 0 Å². The van der Waals surface area contributed by atoms with E-state index in [1.165, 1.54) is 25.7 Å². The molecule has 1 aromatic carbocycles. The van der Waals surface area contributed by atoms with Gasteiger partial charge in [0, 0.05) is 6.42 Å². The Kier molecular flexibility index (Phi) is 8.78. The molecular weight excluding hydrogens is 236 g/mol. The van der Waals surface area contributed by atoms with Crippen LogP contribution >= 0.6 is 0 Å². The third kappa shape index (κ3) is 8.41. The van der Waals surface area contributed by atoms with Crippen LogP contribution in [0.15, 0.2) is 30.3 Å². The molecule has 0 spiro atoms. The third-order valence-corrected chi connectivity index (χ3v) is 3.12. The summed E-state index contributed by atoms with van der Waals surface area (Å²) in [5, 5.41) is 0. The van der Waals surface area contributed by atoms with Gasteiger partial charge in [-0.1, -0.05) is 75.8 Å². The maximum Gasteiger partial charge on any atom is 0.306 e. The highest BCUT2D eigenvalue weighted by atomic mass is 16.5. The fourth-order valence-electron chi connectivity index (χ4n) is 1.96. The van der Waals surface area contributed by atoms with Gasteiger partial charge in [-0.25, -0.2) is 0 Å². The number of benzene rings is 1. The quantitative estimate of drug-likeness (QED) is 0.451. The number of carbonyl (C=O) groups excluding carboxylic acids is 1. The molecule has 1 aromatic rings. The van der Waals surface area contributed by atoms with Crippen molar-refractivity contribution in [2.45, 2.75) is 58.0 Å². The number of unbranched alkanes of at least 4 members (excludes halogenated alkanes) is 6. The Balaban J connectivity index is 1.96. The first-order valence-corrected chi connectivity index (χ1v) is 7.31. The minimum Gasteiger partial charge on any atom is -0.461 e. The lowest BCUT2D eigenvalue weighted by Crippen LogP contribution is -2.04. The van der Waals surface area contributed by atoms with Gasteiger partial charge in [0.15, 0.2) is 0 Å². The molecule has 0 unspecified atom stereocenters. The lowest BCUT2D eigenvalue weighted by Gasteiger charge is -2.05. The first-order valence-electron chi connectivity index (χ1n) is 7.31. The fraction of sp³-hybridized carbons (Fsp3) is 0.529. The van der Waals surface area contributed by atoms with Crippen molar-refractivity contribution in [3.05, 3.63) is 42.8 Å². The molecule has 0 heterocycles. The van der Waals surface area contributed by atoms with E-state index in [0.717, 1.165) is 24.8 Å². The molecule has 0 N–H and O–H groups in total. The number of esters is 1. The van der Waals surface area contributed by atoms with Gasteiger partial charge in [0.1, 0.15) is 6.61 Å². The third-order valence-electron chi connectivity index (χ3n) is 3.12. The van der Waals surface area contributed by atoms with Crippen molar-refractivity contribution in [1.82, 2.24) is 0 Å². The van der Waals surface area contributed by atoms with Crippen LogP contribution in [-0.2, 0) is 16.1 Å². The van der Waals surface area contributed by atoms with Crippen LogP contribution in [0.25, 0.3) is 0 Å². The van der Waals surface area contributed by atoms with E-state index in [0.29, 0.717) is 13.0 Å². The average molecular weight is 261 g/mol. The zero-order valence-corrected chi connectivity index (χ0v) is 11.8. The largest absolute Gasteiger partial charge is 0.461 e. The van der Waals surface area contributed by atoms with E-state index >= 15 is 0 Å². The number of rotatable bonds is 10. The Bertz CT molecular complexity index is 332. The Labute approximate surface area is 117 Å². The van der Waals surface area contributed by atoms with Crippen LogP contribution in [0.2, 0.25) is 0 Å². The minimum absolute atomic E-state index is 0.0818. The predicted octanol–water partition coefficient (Wildman–Crippen LogP) is 4.68. The highest BCUT2D eigenvalue weighted by Crippen LogP contribution is 2.09. The summed E-state index contributed by atoms with van der Waals surface area (Å²) < 4.78 is 5.23. The van der Waals surface area contributed by atoms with Gasteiger partial charge in [-0.15, -0.1) is 0 Å². The van der Waals surface area contributed by atoms with E-state index in [1.54, 1.807) is 0 Å². The highest BCUT2D eigenvalue weighted by molar-refractivity contribution is 5.69. The molecule has 105 valence electrons. The van der Waals surface area contributed by atoms with Gasteiger partial charge < -0.3 is 4.74 Å². The van der Waals surface area contributed by atoms with Crippen molar-refractivity contribution < 1.29 is 9.53 Å². The van der Waals surface area contributed by atoms with Gasteiger partial charge >= 0.3 is 5.97 Å². The Morgan fingerprint density at radius 2 is 1.58 bits per heavy atom. The number of hydrogen-bond donors (Lipinski definition) is 0. The summed E-state index contributed by atoms with van der Waals surface area (Å²) in [6.07, 6.45) is 8.60. The average Bonchev–Trinajstić information content (AvgIpc) is 2.45. The molecule has 0 saturated carbocycles. The van der Waals surface area contributed by atoms with Crippen LogP contribution in [0.3, 0.4) is 0 Å². The molecular formula is C17H25O2. The molecule has 0 saturated heterocycles. The lowest BCUT2D eigenvalue weighted by atomic mass is 10.1. The summed E-state index contributed by atoms with van der Waals surface area (Å²) in [7, 11) is 0. The van der Waals surface area contributed by atoms with Crippen molar-refractivity contribution in [2.24, 2.45) is 0 Å². The van der Waals surface area contributed by atoms with Crippen LogP contribution in [0, 0.1) is 6.92 Å². The van der Waals surface area contributed by atoms with Crippen molar-refractivity contribution in [2.75, 3.05) is 0 Å². The second-order valence-electron chi connectivity index (χ2n) is 4.87. The molecule has 0 aliphatic rings. The predicted molar refractivity (Wildman–Crippen MR) is 78.5 cm³/mol.